The number of methoxy groups -OCH3 is 1. The van der Waals surface area contributed by atoms with E-state index in [1.54, 1.807) is 7.11 Å². The molecule has 126 valence electrons. The second-order valence-electron chi connectivity index (χ2n) is 5.97. The van der Waals surface area contributed by atoms with Crippen LogP contribution >= 0.6 is 0 Å². The Kier molecular flexibility index (Phi) is 5.39. The monoisotopic (exact) mass is 325 g/mol. The Balaban J connectivity index is 1.77. The summed E-state index contributed by atoms with van der Waals surface area (Å²) in [6.45, 7) is 3.14. The molecule has 0 atom stereocenters. The third-order valence-electron chi connectivity index (χ3n) is 4.31. The summed E-state index contributed by atoms with van der Waals surface area (Å²) in [5, 5.41) is 9.45. The third-order valence-corrected chi connectivity index (χ3v) is 4.31. The average Bonchev–Trinajstić information content (AvgIpc) is 3.08. The molecule has 0 saturated carbocycles. The molecule has 5 heteroatoms. The molecule has 1 fully saturated rings. The summed E-state index contributed by atoms with van der Waals surface area (Å²) < 4.78 is 10.6. The molecule has 5 nitrogen and oxygen atoms in total. The molecule has 3 rings (SSSR count). The molecule has 1 aromatic heterocycles. The first-order valence-corrected chi connectivity index (χ1v) is 8.42. The van der Waals surface area contributed by atoms with Crippen LogP contribution in [0.1, 0.15) is 24.8 Å². The van der Waals surface area contributed by atoms with Gasteiger partial charge in [0.15, 0.2) is 0 Å². The normalized spacial score (nSPS) is 14.4. The second-order valence-corrected chi connectivity index (χ2v) is 5.97. The van der Waals surface area contributed by atoms with E-state index in [0.717, 1.165) is 35.9 Å². The number of nitriles is 1. The van der Waals surface area contributed by atoms with E-state index in [2.05, 4.69) is 16.0 Å². The van der Waals surface area contributed by atoms with Crippen molar-refractivity contribution in [3.63, 3.8) is 0 Å². The van der Waals surface area contributed by atoms with E-state index in [4.69, 9.17) is 9.47 Å². The van der Waals surface area contributed by atoms with Gasteiger partial charge in [0.1, 0.15) is 24.2 Å². The maximum absolute atomic E-state index is 9.45. The van der Waals surface area contributed by atoms with Crippen molar-refractivity contribution in [2.75, 3.05) is 38.3 Å². The lowest BCUT2D eigenvalue weighted by molar-refractivity contribution is 0.146. The van der Waals surface area contributed by atoms with Crippen molar-refractivity contribution in [2.45, 2.75) is 19.3 Å². The van der Waals surface area contributed by atoms with E-state index in [1.807, 2.05) is 30.3 Å². The summed E-state index contributed by atoms with van der Waals surface area (Å²) in [5.41, 5.74) is 2.73. The number of nitrogens with zero attached hydrogens (tertiary/aromatic N) is 2. The first-order valence-electron chi connectivity index (χ1n) is 8.42. The smallest absolute Gasteiger partial charge is 0.124 e. The van der Waals surface area contributed by atoms with Gasteiger partial charge in [-0.2, -0.15) is 5.26 Å². The van der Waals surface area contributed by atoms with Crippen molar-refractivity contribution in [2.24, 2.45) is 0 Å². The molecule has 1 aliphatic heterocycles. The highest BCUT2D eigenvalue weighted by atomic mass is 16.5. The molecule has 1 aromatic carbocycles. The highest BCUT2D eigenvalue weighted by Gasteiger charge is 2.18. The minimum atomic E-state index is 0.538. The Hall–Kier alpha value is -2.45. The van der Waals surface area contributed by atoms with Gasteiger partial charge in [-0.15, -0.1) is 0 Å². The highest BCUT2D eigenvalue weighted by molar-refractivity contribution is 5.69. The molecule has 24 heavy (non-hydrogen) atoms. The van der Waals surface area contributed by atoms with Crippen LogP contribution < -0.4 is 9.64 Å². The van der Waals surface area contributed by atoms with Gasteiger partial charge in [0.2, 0.25) is 0 Å². The summed E-state index contributed by atoms with van der Waals surface area (Å²) in [5.74, 6) is 1.77. The number of hydrogen-bond acceptors (Lipinski definition) is 4. The molecule has 0 bridgehead atoms. The zero-order valence-electron chi connectivity index (χ0n) is 14.0. The van der Waals surface area contributed by atoms with Crippen molar-refractivity contribution in [1.82, 2.24) is 4.98 Å². The first-order chi connectivity index (χ1) is 11.8. The number of hydrogen-bond donors (Lipinski definition) is 1. The number of benzene rings is 1. The average molecular weight is 325 g/mol. The van der Waals surface area contributed by atoms with Gasteiger partial charge in [-0.25, -0.2) is 0 Å². The number of ether oxygens (including phenoxy) is 2. The molecular formula is C19H23N3O2. The third kappa shape index (κ3) is 3.72. The van der Waals surface area contributed by atoms with E-state index < -0.39 is 0 Å². The number of piperidine rings is 1. The van der Waals surface area contributed by atoms with Gasteiger partial charge in [-0.3, -0.25) is 0 Å². The number of nitrogens with one attached hydrogen (secondary N) is 1. The van der Waals surface area contributed by atoms with Crippen molar-refractivity contribution in [3.05, 3.63) is 35.9 Å². The van der Waals surface area contributed by atoms with Crippen molar-refractivity contribution in [3.8, 4) is 23.1 Å². The molecule has 2 aromatic rings. The maximum Gasteiger partial charge on any atom is 0.124 e. The van der Waals surface area contributed by atoms with E-state index >= 15 is 0 Å². The predicted molar refractivity (Wildman–Crippen MR) is 94.4 cm³/mol. The van der Waals surface area contributed by atoms with Crippen LogP contribution in [0, 0.1) is 11.3 Å². The second kappa shape index (κ2) is 7.89. The van der Waals surface area contributed by atoms with E-state index in [-0.39, 0.29) is 0 Å². The van der Waals surface area contributed by atoms with Crippen LogP contribution in [0.15, 0.2) is 30.3 Å². The van der Waals surface area contributed by atoms with Crippen LogP contribution in [0.5, 0.6) is 5.75 Å². The predicted octanol–water partition coefficient (Wildman–Crippen LogP) is 3.57. The van der Waals surface area contributed by atoms with E-state index in [1.165, 1.54) is 19.3 Å². The van der Waals surface area contributed by atoms with Crippen LogP contribution in [0.3, 0.4) is 0 Å². The Morgan fingerprint density at radius 1 is 1.12 bits per heavy atom. The molecule has 0 aliphatic carbocycles. The van der Waals surface area contributed by atoms with Gasteiger partial charge in [-0.1, -0.05) is 0 Å². The van der Waals surface area contributed by atoms with Gasteiger partial charge in [0.25, 0.3) is 0 Å². The number of rotatable bonds is 6. The number of H-pyrrole nitrogens is 1. The Bertz CT molecular complexity index is 694. The summed E-state index contributed by atoms with van der Waals surface area (Å²) >= 11 is 0. The van der Waals surface area contributed by atoms with Crippen LogP contribution in [-0.2, 0) is 4.74 Å². The van der Waals surface area contributed by atoms with Crippen molar-refractivity contribution >= 4 is 5.82 Å². The Labute approximate surface area is 142 Å². The van der Waals surface area contributed by atoms with Gasteiger partial charge in [0.05, 0.1) is 12.2 Å². The highest BCUT2D eigenvalue weighted by Crippen LogP contribution is 2.29. The number of aromatic amines is 1. The zero-order valence-corrected chi connectivity index (χ0v) is 14.0. The lowest BCUT2D eigenvalue weighted by Gasteiger charge is -2.27. The minimum Gasteiger partial charge on any atom is -0.491 e. The van der Waals surface area contributed by atoms with Crippen LogP contribution in [0.4, 0.5) is 5.82 Å². The fourth-order valence-corrected chi connectivity index (χ4v) is 3.02. The Morgan fingerprint density at radius 3 is 2.54 bits per heavy atom. The standard InChI is InChI=1S/C19H23N3O2/c1-23-11-12-24-17-7-5-15(6-8-17)18-13-16(14-20)19(21-18)22-9-3-2-4-10-22/h5-8,13,21H,2-4,9-12H2,1H3. The summed E-state index contributed by atoms with van der Waals surface area (Å²) in [6, 6.07) is 12.2. The zero-order chi connectivity index (χ0) is 16.8. The van der Waals surface area contributed by atoms with Gasteiger partial charge < -0.3 is 19.4 Å². The number of anilines is 1. The van der Waals surface area contributed by atoms with E-state index in [0.29, 0.717) is 18.8 Å². The number of aromatic nitrogens is 1. The lowest BCUT2D eigenvalue weighted by Crippen LogP contribution is -2.30. The fourth-order valence-electron chi connectivity index (χ4n) is 3.02. The summed E-state index contributed by atoms with van der Waals surface area (Å²) in [7, 11) is 1.66. The van der Waals surface area contributed by atoms with E-state index in [9.17, 15) is 5.26 Å². The summed E-state index contributed by atoms with van der Waals surface area (Å²) in [4.78, 5) is 5.72. The maximum atomic E-state index is 9.45. The molecule has 0 radical (unpaired) electrons. The summed E-state index contributed by atoms with van der Waals surface area (Å²) in [6.07, 6.45) is 3.65. The minimum absolute atomic E-state index is 0.538. The molecule has 1 saturated heterocycles. The van der Waals surface area contributed by atoms with Gasteiger partial charge in [0, 0.05) is 25.9 Å². The van der Waals surface area contributed by atoms with Crippen molar-refractivity contribution < 1.29 is 9.47 Å². The SMILES string of the molecule is COCCOc1ccc(-c2cc(C#N)c(N3CCCCC3)[nH]2)cc1. The molecule has 2 heterocycles. The van der Waals surface area contributed by atoms with Crippen molar-refractivity contribution in [1.29, 1.82) is 5.26 Å². The Morgan fingerprint density at radius 2 is 1.88 bits per heavy atom. The molecular weight excluding hydrogens is 302 g/mol. The molecule has 1 aliphatic rings. The molecule has 0 spiro atoms. The van der Waals surface area contributed by atoms with Crippen LogP contribution in [0.25, 0.3) is 11.3 Å². The molecule has 0 unspecified atom stereocenters. The van der Waals surface area contributed by atoms with Gasteiger partial charge in [-0.05, 0) is 55.2 Å². The lowest BCUT2D eigenvalue weighted by atomic mass is 10.1. The quantitative estimate of drug-likeness (QED) is 0.825. The molecule has 0 amide bonds. The largest absolute Gasteiger partial charge is 0.491 e. The molecule has 1 N–H and O–H groups in total. The van der Waals surface area contributed by atoms with Gasteiger partial charge >= 0.3 is 0 Å². The first kappa shape index (κ1) is 16.4. The fraction of sp³-hybridized carbons (Fsp3) is 0.421. The van der Waals surface area contributed by atoms with Crippen LogP contribution in [-0.4, -0.2) is 38.4 Å². The topological polar surface area (TPSA) is 61.3 Å². The van der Waals surface area contributed by atoms with Crippen LogP contribution in [0.2, 0.25) is 0 Å².